The number of esters is 1. The van der Waals surface area contributed by atoms with E-state index >= 15 is 0 Å². The Bertz CT molecular complexity index is 1110. The molecule has 3 aromatic rings. The molecule has 0 bridgehead atoms. The average Bonchev–Trinajstić information content (AvgIpc) is 2.98. The lowest BCUT2D eigenvalue weighted by molar-refractivity contribution is 0.0382. The van der Waals surface area contributed by atoms with Crippen LogP contribution in [0.4, 0.5) is 11.5 Å². The minimum Gasteiger partial charge on any atom is -0.478 e. The molecule has 3 N–H and O–H groups in total. The van der Waals surface area contributed by atoms with E-state index in [1.807, 2.05) is 0 Å². The molecule has 9 nitrogen and oxygen atoms in total. The number of carboxylic acids is 2. The topological polar surface area (TPSA) is 139 Å². The van der Waals surface area contributed by atoms with Crippen molar-refractivity contribution in [3.8, 4) is 0 Å². The lowest BCUT2D eigenvalue weighted by Crippen LogP contribution is -2.11. The third-order valence-electron chi connectivity index (χ3n) is 3.94. The minimum atomic E-state index is -1.26. The van der Waals surface area contributed by atoms with Crippen molar-refractivity contribution in [3.63, 3.8) is 0 Å². The van der Waals surface area contributed by atoms with Crippen molar-refractivity contribution >= 4 is 51.0 Å². The van der Waals surface area contributed by atoms with Crippen LogP contribution in [0.5, 0.6) is 0 Å². The van der Waals surface area contributed by atoms with Crippen molar-refractivity contribution in [1.82, 2.24) is 9.97 Å². The highest BCUT2D eigenvalue weighted by molar-refractivity contribution is 7.20. The third kappa shape index (κ3) is 4.16. The first-order valence-corrected chi connectivity index (χ1v) is 9.32. The van der Waals surface area contributed by atoms with Crippen molar-refractivity contribution in [3.05, 3.63) is 46.1 Å². The summed E-state index contributed by atoms with van der Waals surface area (Å²) in [5.74, 6) is -2.65. The molecule has 1 aromatic carbocycles. The number of rotatable bonds is 6. The Morgan fingerprint density at radius 2 is 1.69 bits per heavy atom. The van der Waals surface area contributed by atoms with Gasteiger partial charge in [-0.3, -0.25) is 0 Å². The largest absolute Gasteiger partial charge is 0.478 e. The van der Waals surface area contributed by atoms with Crippen molar-refractivity contribution < 1.29 is 29.3 Å². The zero-order valence-electron chi connectivity index (χ0n) is 15.7. The second kappa shape index (κ2) is 7.84. The van der Waals surface area contributed by atoms with Crippen molar-refractivity contribution in [2.75, 3.05) is 5.32 Å². The SMILES string of the molecule is Cc1c(C(=O)OC(C)C)sc2ncnc(Nc3cc(C(=O)O)cc(C(=O)O)c3)c12. The second-order valence-corrected chi connectivity index (χ2v) is 7.45. The molecule has 0 saturated heterocycles. The first-order valence-electron chi connectivity index (χ1n) is 8.51. The van der Waals surface area contributed by atoms with Gasteiger partial charge in [-0.1, -0.05) is 0 Å². The van der Waals surface area contributed by atoms with Gasteiger partial charge < -0.3 is 20.3 Å². The highest BCUT2D eigenvalue weighted by Crippen LogP contribution is 2.35. The molecule has 2 heterocycles. The molecule has 0 aliphatic carbocycles. The monoisotopic (exact) mass is 415 g/mol. The Labute approximate surface area is 169 Å². The normalized spacial score (nSPS) is 10.9. The number of ether oxygens (including phenoxy) is 1. The first kappa shape index (κ1) is 20.2. The van der Waals surface area contributed by atoms with E-state index < -0.39 is 17.9 Å². The number of thiophene rings is 1. The molecule has 3 rings (SSSR count). The fourth-order valence-electron chi connectivity index (χ4n) is 2.71. The zero-order valence-corrected chi connectivity index (χ0v) is 16.5. The summed E-state index contributed by atoms with van der Waals surface area (Å²) in [7, 11) is 0. The summed E-state index contributed by atoms with van der Waals surface area (Å²) >= 11 is 1.16. The molecule has 10 heteroatoms. The number of aromatic nitrogens is 2. The van der Waals surface area contributed by atoms with Crippen LogP contribution in [0, 0.1) is 6.92 Å². The van der Waals surface area contributed by atoms with Gasteiger partial charge in [-0.2, -0.15) is 0 Å². The van der Waals surface area contributed by atoms with E-state index in [0.29, 0.717) is 26.5 Å². The molecule has 0 aliphatic rings. The van der Waals surface area contributed by atoms with Crippen LogP contribution in [0.25, 0.3) is 10.2 Å². The number of anilines is 2. The molecule has 0 saturated carbocycles. The van der Waals surface area contributed by atoms with Crippen LogP contribution >= 0.6 is 11.3 Å². The summed E-state index contributed by atoms with van der Waals surface area (Å²) in [4.78, 5) is 44.3. The molecule has 0 aliphatic heterocycles. The quantitative estimate of drug-likeness (QED) is 0.514. The van der Waals surface area contributed by atoms with Crippen molar-refractivity contribution in [2.24, 2.45) is 0 Å². The lowest BCUT2D eigenvalue weighted by atomic mass is 10.1. The van der Waals surface area contributed by atoms with Gasteiger partial charge in [0.15, 0.2) is 0 Å². The Morgan fingerprint density at radius 3 is 2.24 bits per heavy atom. The Balaban J connectivity index is 2.07. The number of aromatic carboxylic acids is 2. The second-order valence-electron chi connectivity index (χ2n) is 6.45. The summed E-state index contributed by atoms with van der Waals surface area (Å²) in [6.07, 6.45) is 1.03. The molecule has 0 atom stereocenters. The van der Waals surface area contributed by atoms with Gasteiger partial charge in [0.25, 0.3) is 0 Å². The first-order chi connectivity index (χ1) is 13.7. The maximum absolute atomic E-state index is 12.3. The smallest absolute Gasteiger partial charge is 0.348 e. The van der Waals surface area contributed by atoms with Crippen molar-refractivity contribution in [1.29, 1.82) is 0 Å². The fourth-order valence-corrected chi connectivity index (χ4v) is 3.74. The van der Waals surface area contributed by atoms with Gasteiger partial charge in [-0.15, -0.1) is 11.3 Å². The maximum atomic E-state index is 12.3. The average molecular weight is 415 g/mol. The molecule has 2 aromatic heterocycles. The van der Waals surface area contributed by atoms with E-state index in [4.69, 9.17) is 4.74 Å². The molecular weight excluding hydrogens is 398 g/mol. The number of fused-ring (bicyclic) bond motifs is 1. The Kier molecular flexibility index (Phi) is 5.46. The van der Waals surface area contributed by atoms with E-state index in [2.05, 4.69) is 15.3 Å². The predicted octanol–water partition coefficient (Wildman–Crippen LogP) is 3.70. The van der Waals surface area contributed by atoms with Crippen molar-refractivity contribution in [2.45, 2.75) is 26.9 Å². The van der Waals surface area contributed by atoms with Crippen LogP contribution in [-0.4, -0.2) is 44.2 Å². The van der Waals surface area contributed by atoms with Crippen LogP contribution in [0.2, 0.25) is 0 Å². The predicted molar refractivity (Wildman–Crippen MR) is 106 cm³/mol. The van der Waals surface area contributed by atoms with Crippen LogP contribution in [0.1, 0.15) is 49.8 Å². The van der Waals surface area contributed by atoms with E-state index in [0.717, 1.165) is 17.4 Å². The van der Waals surface area contributed by atoms with E-state index in [1.54, 1.807) is 20.8 Å². The Morgan fingerprint density at radius 1 is 1.07 bits per heavy atom. The zero-order chi connectivity index (χ0) is 21.3. The number of benzene rings is 1. The van der Waals surface area contributed by atoms with E-state index in [-0.39, 0.29) is 22.9 Å². The molecule has 0 radical (unpaired) electrons. The van der Waals surface area contributed by atoms with Crippen LogP contribution in [0.3, 0.4) is 0 Å². The molecule has 0 unspecified atom stereocenters. The number of nitrogens with zero attached hydrogens (tertiary/aromatic N) is 2. The lowest BCUT2D eigenvalue weighted by Gasteiger charge is -2.10. The van der Waals surface area contributed by atoms with Crippen LogP contribution in [0.15, 0.2) is 24.5 Å². The van der Waals surface area contributed by atoms with E-state index in [9.17, 15) is 24.6 Å². The third-order valence-corrected chi connectivity index (χ3v) is 5.12. The number of hydrogen-bond acceptors (Lipinski definition) is 8. The number of carbonyl (C=O) groups excluding carboxylic acids is 1. The molecule has 0 amide bonds. The summed E-state index contributed by atoms with van der Waals surface area (Å²) < 4.78 is 5.26. The highest BCUT2D eigenvalue weighted by atomic mass is 32.1. The molecule has 0 spiro atoms. The molecule has 29 heavy (non-hydrogen) atoms. The molecule has 150 valence electrons. The number of aryl methyl sites for hydroxylation is 1. The van der Waals surface area contributed by atoms with E-state index in [1.165, 1.54) is 18.5 Å². The minimum absolute atomic E-state index is 0.180. The number of carboxylic acid groups (broad SMARTS) is 2. The van der Waals surface area contributed by atoms with Gasteiger partial charge in [0.1, 0.15) is 21.9 Å². The highest BCUT2D eigenvalue weighted by Gasteiger charge is 2.21. The number of nitrogens with one attached hydrogen (secondary N) is 1. The number of carbonyl (C=O) groups is 3. The van der Waals surface area contributed by atoms with Crippen LogP contribution < -0.4 is 5.32 Å². The van der Waals surface area contributed by atoms with Gasteiger partial charge in [-0.25, -0.2) is 24.4 Å². The summed E-state index contributed by atoms with van der Waals surface area (Å²) in [5.41, 5.74) is 0.493. The summed E-state index contributed by atoms with van der Waals surface area (Å²) in [5, 5.41) is 22.0. The van der Waals surface area contributed by atoms with Gasteiger partial charge in [0.2, 0.25) is 0 Å². The van der Waals surface area contributed by atoms with Gasteiger partial charge in [0.05, 0.1) is 22.6 Å². The standard InChI is InChI=1S/C19H17N3O6S/c1-8(2)28-19(27)14-9(3)13-15(20-7-21-16(13)29-14)22-12-5-10(17(23)24)4-11(6-12)18(25)26/h4-8H,1-3H3,(H,23,24)(H,25,26)(H,20,21,22). The van der Waals surface area contributed by atoms with Gasteiger partial charge in [-0.05, 0) is 44.5 Å². The van der Waals surface area contributed by atoms with Gasteiger partial charge in [0, 0.05) is 5.69 Å². The number of hydrogen-bond donors (Lipinski definition) is 3. The Hall–Kier alpha value is -3.53. The fraction of sp³-hybridized carbons (Fsp3) is 0.211. The molecular formula is C19H17N3O6S. The summed E-state index contributed by atoms with van der Waals surface area (Å²) in [6.45, 7) is 5.24. The summed E-state index contributed by atoms with van der Waals surface area (Å²) in [6, 6.07) is 3.68. The molecule has 0 fully saturated rings. The van der Waals surface area contributed by atoms with Crippen LogP contribution in [-0.2, 0) is 4.74 Å². The maximum Gasteiger partial charge on any atom is 0.348 e. The van der Waals surface area contributed by atoms with Gasteiger partial charge >= 0.3 is 17.9 Å².